The first-order valence-electron chi connectivity index (χ1n) is 15.0. The number of carbonyl (C=O) groups excluding carboxylic acids is 2. The number of ether oxygens (including phenoxy) is 2. The van der Waals surface area contributed by atoms with E-state index in [4.69, 9.17) is 14.7 Å². The second kappa shape index (κ2) is 13.7. The first-order chi connectivity index (χ1) is 21.5. The molecule has 45 heavy (non-hydrogen) atoms. The lowest BCUT2D eigenvalue weighted by Gasteiger charge is -2.33. The number of piperidine rings is 1. The van der Waals surface area contributed by atoms with Gasteiger partial charge < -0.3 is 24.7 Å². The molecule has 232 valence electrons. The van der Waals surface area contributed by atoms with Gasteiger partial charge in [0, 0.05) is 42.3 Å². The molecule has 3 aromatic carbocycles. The van der Waals surface area contributed by atoms with E-state index in [0.717, 1.165) is 36.3 Å². The van der Waals surface area contributed by atoms with Gasteiger partial charge in [-0.1, -0.05) is 6.07 Å². The Morgan fingerprint density at radius 2 is 1.87 bits per heavy atom. The number of nitrogens with zero attached hydrogens (tertiary/aromatic N) is 4. The monoisotopic (exact) mass is 606 g/mol. The minimum atomic E-state index is -0.551. The number of rotatable bonds is 8. The van der Waals surface area contributed by atoms with Crippen LogP contribution in [0.4, 0.5) is 10.5 Å². The lowest BCUT2D eigenvalue weighted by Crippen LogP contribution is -2.48. The summed E-state index contributed by atoms with van der Waals surface area (Å²) in [6, 6.07) is 21.8. The number of aromatic nitrogens is 2. The summed E-state index contributed by atoms with van der Waals surface area (Å²) in [5.74, 6) is 0.806. The number of nitriles is 1. The van der Waals surface area contributed by atoms with Gasteiger partial charge in [0.15, 0.2) is 0 Å². The third-order valence-electron chi connectivity index (χ3n) is 7.19. The molecular formula is C35H38N6O4. The summed E-state index contributed by atoms with van der Waals surface area (Å²) in [6.07, 6.45) is 5.13. The van der Waals surface area contributed by atoms with Crippen molar-refractivity contribution in [2.75, 3.05) is 18.4 Å². The van der Waals surface area contributed by atoms with E-state index in [1.54, 1.807) is 54.9 Å². The second-order valence-corrected chi connectivity index (χ2v) is 12.3. The van der Waals surface area contributed by atoms with Crippen molar-refractivity contribution in [2.24, 2.45) is 0 Å². The third kappa shape index (κ3) is 8.94. The minimum absolute atomic E-state index is 0.00830. The summed E-state index contributed by atoms with van der Waals surface area (Å²) in [5, 5.41) is 15.1. The predicted molar refractivity (Wildman–Crippen MR) is 172 cm³/mol. The standard InChI is InChI=1S/C35H38N6O4/c1-24-20-41(23-37-24)30-16-26(21-40-14-6-8-28(22-40)39-34(43)45-35(2,3)4)15-29(18-30)38-33(42)27-7-5-9-32(17-27)44-31-12-10-25(19-36)11-13-31/h5,7,9-13,15-18,20,23,28H,6,8,14,21-22H2,1-4H3,(H,38,42)(H,39,43)/t28-/m0/s1. The van der Waals surface area contributed by atoms with Crippen molar-refractivity contribution in [3.8, 4) is 23.3 Å². The zero-order valence-corrected chi connectivity index (χ0v) is 26.0. The average molecular weight is 607 g/mol. The summed E-state index contributed by atoms with van der Waals surface area (Å²) >= 11 is 0. The van der Waals surface area contributed by atoms with Gasteiger partial charge in [-0.25, -0.2) is 9.78 Å². The number of hydrogen-bond acceptors (Lipinski definition) is 7. The fourth-order valence-corrected chi connectivity index (χ4v) is 5.24. The number of benzene rings is 3. The molecule has 0 bridgehead atoms. The van der Waals surface area contributed by atoms with E-state index in [1.807, 2.05) is 50.6 Å². The van der Waals surface area contributed by atoms with Crippen LogP contribution < -0.4 is 15.4 Å². The van der Waals surface area contributed by atoms with E-state index >= 15 is 0 Å². The Morgan fingerprint density at radius 1 is 1.07 bits per heavy atom. The van der Waals surface area contributed by atoms with Crippen LogP contribution in [-0.4, -0.2) is 51.2 Å². The number of carbonyl (C=O) groups is 2. The average Bonchev–Trinajstić information content (AvgIpc) is 3.43. The van der Waals surface area contributed by atoms with E-state index in [1.165, 1.54) is 0 Å². The molecule has 0 radical (unpaired) electrons. The van der Waals surface area contributed by atoms with Gasteiger partial charge in [-0.2, -0.15) is 5.26 Å². The summed E-state index contributed by atoms with van der Waals surface area (Å²) < 4.78 is 13.3. The summed E-state index contributed by atoms with van der Waals surface area (Å²) in [6.45, 7) is 9.73. The molecule has 0 saturated carbocycles. The van der Waals surface area contributed by atoms with Gasteiger partial charge in [0.1, 0.15) is 17.1 Å². The maximum atomic E-state index is 13.4. The largest absolute Gasteiger partial charge is 0.457 e. The number of alkyl carbamates (subject to hydrolysis) is 1. The zero-order valence-electron chi connectivity index (χ0n) is 26.0. The Hall–Kier alpha value is -5.14. The first kappa shape index (κ1) is 31.3. The molecular weight excluding hydrogens is 568 g/mol. The van der Waals surface area contributed by atoms with Crippen LogP contribution in [0.3, 0.4) is 0 Å². The highest BCUT2D eigenvalue weighted by Gasteiger charge is 2.24. The van der Waals surface area contributed by atoms with E-state index in [0.29, 0.717) is 41.4 Å². The lowest BCUT2D eigenvalue weighted by atomic mass is 10.0. The quantitative estimate of drug-likeness (QED) is 0.232. The van der Waals surface area contributed by atoms with E-state index < -0.39 is 11.7 Å². The third-order valence-corrected chi connectivity index (χ3v) is 7.19. The van der Waals surface area contributed by atoms with Crippen molar-refractivity contribution >= 4 is 17.7 Å². The van der Waals surface area contributed by atoms with Crippen LogP contribution in [-0.2, 0) is 11.3 Å². The molecule has 1 fully saturated rings. The van der Waals surface area contributed by atoms with Gasteiger partial charge in [-0.3, -0.25) is 9.69 Å². The molecule has 1 aliphatic heterocycles. The number of amides is 2. The van der Waals surface area contributed by atoms with Crippen LogP contribution in [0.2, 0.25) is 0 Å². The molecule has 1 saturated heterocycles. The molecule has 0 spiro atoms. The molecule has 2 heterocycles. The van der Waals surface area contributed by atoms with Crippen molar-refractivity contribution in [3.63, 3.8) is 0 Å². The van der Waals surface area contributed by atoms with Crippen molar-refractivity contribution in [3.05, 3.63) is 102 Å². The van der Waals surface area contributed by atoms with Crippen molar-refractivity contribution in [2.45, 2.75) is 58.7 Å². The number of hydrogen-bond donors (Lipinski definition) is 2. The normalized spacial score (nSPS) is 15.1. The molecule has 2 amide bonds. The van der Waals surface area contributed by atoms with Crippen molar-refractivity contribution in [1.82, 2.24) is 19.8 Å². The van der Waals surface area contributed by atoms with Gasteiger partial charge in [0.2, 0.25) is 0 Å². The zero-order chi connectivity index (χ0) is 32.0. The number of nitrogens with one attached hydrogen (secondary N) is 2. The van der Waals surface area contributed by atoms with Crippen LogP contribution in [0.5, 0.6) is 11.5 Å². The summed E-state index contributed by atoms with van der Waals surface area (Å²) in [7, 11) is 0. The molecule has 0 unspecified atom stereocenters. The predicted octanol–water partition coefficient (Wildman–Crippen LogP) is 6.59. The molecule has 2 N–H and O–H groups in total. The summed E-state index contributed by atoms with van der Waals surface area (Å²) in [4.78, 5) is 32.5. The molecule has 1 aromatic heterocycles. The molecule has 5 rings (SSSR count). The van der Waals surface area contributed by atoms with Gasteiger partial charge in [0.25, 0.3) is 5.91 Å². The second-order valence-electron chi connectivity index (χ2n) is 12.3. The Bertz CT molecular complexity index is 1700. The van der Waals surface area contributed by atoms with Crippen LogP contribution in [0.1, 0.15) is 60.8 Å². The highest BCUT2D eigenvalue weighted by molar-refractivity contribution is 6.04. The maximum absolute atomic E-state index is 13.4. The Morgan fingerprint density at radius 3 is 2.58 bits per heavy atom. The SMILES string of the molecule is Cc1cn(-c2cc(CN3CCC[C@H](NC(=O)OC(C)(C)C)C3)cc(NC(=O)c3cccc(Oc4ccc(C#N)cc4)c3)c2)cn1. The number of imidazole rings is 1. The molecule has 10 heteroatoms. The van der Waals surface area contributed by atoms with Gasteiger partial charge in [-0.05, 0) is 113 Å². The van der Waals surface area contributed by atoms with Crippen molar-refractivity contribution < 1.29 is 19.1 Å². The van der Waals surface area contributed by atoms with Crippen LogP contribution in [0.15, 0.2) is 79.3 Å². The van der Waals surface area contributed by atoms with Crippen LogP contribution in [0.25, 0.3) is 5.69 Å². The van der Waals surface area contributed by atoms with E-state index in [9.17, 15) is 9.59 Å². The molecule has 1 atom stereocenters. The lowest BCUT2D eigenvalue weighted by molar-refractivity contribution is 0.0470. The molecule has 4 aromatic rings. The molecule has 1 aliphatic rings. The molecule has 10 nitrogen and oxygen atoms in total. The highest BCUT2D eigenvalue weighted by atomic mass is 16.6. The van der Waals surface area contributed by atoms with Gasteiger partial charge in [0.05, 0.1) is 23.7 Å². The van der Waals surface area contributed by atoms with E-state index in [2.05, 4.69) is 32.7 Å². The van der Waals surface area contributed by atoms with Gasteiger partial charge >= 0.3 is 6.09 Å². The summed E-state index contributed by atoms with van der Waals surface area (Å²) in [5.41, 5.74) is 3.87. The Kier molecular flexibility index (Phi) is 9.50. The van der Waals surface area contributed by atoms with Gasteiger partial charge in [-0.15, -0.1) is 0 Å². The first-order valence-corrected chi connectivity index (χ1v) is 15.0. The topological polar surface area (TPSA) is 122 Å². The Balaban J connectivity index is 1.31. The fourth-order valence-electron chi connectivity index (χ4n) is 5.24. The van der Waals surface area contributed by atoms with E-state index in [-0.39, 0.29) is 11.9 Å². The van der Waals surface area contributed by atoms with Crippen molar-refractivity contribution in [1.29, 1.82) is 5.26 Å². The van der Waals surface area contributed by atoms with Crippen LogP contribution in [0, 0.1) is 18.3 Å². The van der Waals surface area contributed by atoms with Crippen LogP contribution >= 0.6 is 0 Å². The number of anilines is 1. The highest BCUT2D eigenvalue weighted by Crippen LogP contribution is 2.25. The smallest absolute Gasteiger partial charge is 0.407 e. The fraction of sp³-hybridized carbons (Fsp3) is 0.314. The Labute approximate surface area is 263 Å². The number of aryl methyl sites for hydroxylation is 1. The molecule has 0 aliphatic carbocycles. The number of likely N-dealkylation sites (tertiary alicyclic amines) is 1. The minimum Gasteiger partial charge on any atom is -0.457 e. The maximum Gasteiger partial charge on any atom is 0.407 e.